The van der Waals surface area contributed by atoms with Gasteiger partial charge in [0.2, 0.25) is 0 Å². The Kier molecular flexibility index (Phi) is 4.53. The quantitative estimate of drug-likeness (QED) is 0.500. The SMILES string of the molecule is C[Si](C)(CCl)CCCO. The molecule has 3 heteroatoms. The summed E-state index contributed by atoms with van der Waals surface area (Å²) in [7, 11) is -1.09. The molecule has 0 aromatic rings. The van der Waals surface area contributed by atoms with Crippen molar-refractivity contribution < 1.29 is 5.11 Å². The third kappa shape index (κ3) is 4.94. The first-order valence-corrected chi connectivity index (χ1v) is 7.24. The van der Waals surface area contributed by atoms with Crippen LogP contribution in [0.25, 0.3) is 0 Å². The first-order chi connectivity index (χ1) is 4.12. The molecule has 0 spiro atoms. The van der Waals surface area contributed by atoms with Crippen molar-refractivity contribution in [3.63, 3.8) is 0 Å². The van der Waals surface area contributed by atoms with E-state index in [9.17, 15) is 0 Å². The summed E-state index contributed by atoms with van der Waals surface area (Å²) in [4.78, 5) is 0. The van der Waals surface area contributed by atoms with Crippen LogP contribution in [-0.4, -0.2) is 25.3 Å². The van der Waals surface area contributed by atoms with Crippen molar-refractivity contribution in [2.75, 3.05) is 12.1 Å². The molecule has 0 atom stereocenters. The van der Waals surface area contributed by atoms with E-state index >= 15 is 0 Å². The monoisotopic (exact) mass is 166 g/mol. The third-order valence-electron chi connectivity index (χ3n) is 1.37. The molecule has 0 saturated carbocycles. The molecule has 0 aromatic carbocycles. The summed E-state index contributed by atoms with van der Waals surface area (Å²) in [6, 6.07) is 1.15. The fourth-order valence-corrected chi connectivity index (χ4v) is 2.27. The van der Waals surface area contributed by atoms with Gasteiger partial charge in [-0.15, -0.1) is 11.6 Å². The molecule has 56 valence electrons. The van der Waals surface area contributed by atoms with Crippen molar-refractivity contribution in [1.82, 2.24) is 0 Å². The summed E-state index contributed by atoms with van der Waals surface area (Å²) in [5.74, 6) is 0. The maximum atomic E-state index is 8.50. The summed E-state index contributed by atoms with van der Waals surface area (Å²) in [5.41, 5.74) is 0.813. The Morgan fingerprint density at radius 1 is 1.44 bits per heavy atom. The van der Waals surface area contributed by atoms with Crippen LogP contribution in [0.1, 0.15) is 6.42 Å². The minimum atomic E-state index is -1.09. The number of rotatable bonds is 4. The highest BCUT2D eigenvalue weighted by Gasteiger charge is 2.17. The predicted octanol–water partition coefficient (Wildman–Crippen LogP) is 1.86. The molecule has 0 aliphatic heterocycles. The van der Waals surface area contributed by atoms with Gasteiger partial charge in [-0.3, -0.25) is 0 Å². The van der Waals surface area contributed by atoms with Crippen molar-refractivity contribution in [2.24, 2.45) is 0 Å². The van der Waals surface area contributed by atoms with Crippen LogP contribution in [0.2, 0.25) is 19.1 Å². The van der Waals surface area contributed by atoms with Crippen LogP contribution >= 0.6 is 11.6 Å². The second-order valence-electron chi connectivity index (χ2n) is 3.13. The van der Waals surface area contributed by atoms with E-state index < -0.39 is 8.07 Å². The van der Waals surface area contributed by atoms with Crippen molar-refractivity contribution >= 4 is 19.7 Å². The Labute approximate surface area is 63.0 Å². The Morgan fingerprint density at radius 3 is 2.33 bits per heavy atom. The van der Waals surface area contributed by atoms with Crippen LogP contribution in [-0.2, 0) is 0 Å². The van der Waals surface area contributed by atoms with Crippen molar-refractivity contribution in [1.29, 1.82) is 0 Å². The molecule has 1 N–H and O–H groups in total. The summed E-state index contributed by atoms with van der Waals surface area (Å²) in [5, 5.41) is 8.50. The molecule has 0 bridgehead atoms. The van der Waals surface area contributed by atoms with E-state index in [4.69, 9.17) is 16.7 Å². The molecule has 9 heavy (non-hydrogen) atoms. The lowest BCUT2D eigenvalue weighted by molar-refractivity contribution is 0.294. The number of aliphatic hydroxyl groups is 1. The van der Waals surface area contributed by atoms with Gasteiger partial charge in [0.05, 0.1) is 8.07 Å². The molecule has 0 saturated heterocycles. The lowest BCUT2D eigenvalue weighted by atomic mass is 10.5. The molecular weight excluding hydrogens is 152 g/mol. The predicted molar refractivity (Wildman–Crippen MR) is 44.7 cm³/mol. The van der Waals surface area contributed by atoms with Gasteiger partial charge in [0, 0.05) is 12.1 Å². The Bertz CT molecular complexity index is 75.5. The molecule has 1 nitrogen and oxygen atoms in total. The number of aliphatic hydroxyl groups excluding tert-OH is 1. The molecular formula is C6H15ClOSi. The zero-order valence-corrected chi connectivity index (χ0v) is 7.91. The molecule has 0 aliphatic carbocycles. The van der Waals surface area contributed by atoms with Gasteiger partial charge in [0.15, 0.2) is 0 Å². The van der Waals surface area contributed by atoms with Crippen LogP contribution < -0.4 is 0 Å². The summed E-state index contributed by atoms with van der Waals surface area (Å²) >= 11 is 5.71. The second kappa shape index (κ2) is 4.31. The molecule has 0 fully saturated rings. The van der Waals surface area contributed by atoms with Gasteiger partial charge in [-0.05, 0) is 6.42 Å². The minimum absolute atomic E-state index is 0.313. The van der Waals surface area contributed by atoms with Crippen LogP contribution in [0.4, 0.5) is 0 Å². The summed E-state index contributed by atoms with van der Waals surface area (Å²) in [6.07, 6.45) is 0.923. The van der Waals surface area contributed by atoms with Gasteiger partial charge in [0.25, 0.3) is 0 Å². The van der Waals surface area contributed by atoms with Crippen LogP contribution in [0.5, 0.6) is 0 Å². The molecule has 0 aromatic heterocycles. The minimum Gasteiger partial charge on any atom is -0.396 e. The van der Waals surface area contributed by atoms with Crippen LogP contribution in [0, 0.1) is 0 Å². The fraction of sp³-hybridized carbons (Fsp3) is 1.00. The highest BCUT2D eigenvalue weighted by atomic mass is 35.5. The van der Waals surface area contributed by atoms with E-state index in [2.05, 4.69) is 13.1 Å². The molecule has 0 unspecified atom stereocenters. The molecule has 0 radical (unpaired) electrons. The lowest BCUT2D eigenvalue weighted by Crippen LogP contribution is -2.28. The smallest absolute Gasteiger partial charge is 0.0640 e. The van der Waals surface area contributed by atoms with E-state index in [0.29, 0.717) is 6.61 Å². The van der Waals surface area contributed by atoms with Gasteiger partial charge in [-0.1, -0.05) is 19.1 Å². The molecule has 0 heterocycles. The van der Waals surface area contributed by atoms with Crippen molar-refractivity contribution in [3.8, 4) is 0 Å². The zero-order chi connectivity index (χ0) is 7.33. The maximum absolute atomic E-state index is 8.50. The van der Waals surface area contributed by atoms with Crippen molar-refractivity contribution in [2.45, 2.75) is 25.6 Å². The molecule has 0 amide bonds. The number of hydrogen-bond acceptors (Lipinski definition) is 1. The first-order valence-electron chi connectivity index (χ1n) is 3.29. The summed E-state index contributed by atoms with van der Waals surface area (Å²) < 4.78 is 0. The Hall–Kier alpha value is 0.467. The fourth-order valence-electron chi connectivity index (χ4n) is 0.624. The number of alkyl halides is 1. The second-order valence-corrected chi connectivity index (χ2v) is 9.02. The Morgan fingerprint density at radius 2 is 2.00 bits per heavy atom. The lowest BCUT2D eigenvalue weighted by Gasteiger charge is -2.17. The van der Waals surface area contributed by atoms with E-state index in [-0.39, 0.29) is 0 Å². The zero-order valence-electron chi connectivity index (χ0n) is 6.15. The first kappa shape index (κ1) is 9.47. The van der Waals surface area contributed by atoms with Crippen LogP contribution in [0.3, 0.4) is 0 Å². The summed E-state index contributed by atoms with van der Waals surface area (Å²) in [6.45, 7) is 4.80. The average molecular weight is 167 g/mol. The van der Waals surface area contributed by atoms with Gasteiger partial charge in [0.1, 0.15) is 0 Å². The number of halogens is 1. The third-order valence-corrected chi connectivity index (χ3v) is 5.97. The van der Waals surface area contributed by atoms with E-state index in [1.807, 2.05) is 0 Å². The van der Waals surface area contributed by atoms with Gasteiger partial charge in [-0.2, -0.15) is 0 Å². The molecule has 0 rings (SSSR count). The largest absolute Gasteiger partial charge is 0.396 e. The normalized spacial score (nSPS) is 12.0. The standard InChI is InChI=1S/C6H15ClOSi/c1-9(2,6-7)5-3-4-8/h8H,3-6H2,1-2H3. The van der Waals surface area contributed by atoms with Crippen molar-refractivity contribution in [3.05, 3.63) is 0 Å². The van der Waals surface area contributed by atoms with E-state index in [1.165, 1.54) is 0 Å². The van der Waals surface area contributed by atoms with E-state index in [0.717, 1.165) is 18.0 Å². The maximum Gasteiger partial charge on any atom is 0.0640 e. The number of hydrogen-bond donors (Lipinski definition) is 1. The topological polar surface area (TPSA) is 20.2 Å². The Balaban J connectivity index is 3.33. The van der Waals surface area contributed by atoms with Gasteiger partial charge in [-0.25, -0.2) is 0 Å². The van der Waals surface area contributed by atoms with E-state index in [1.54, 1.807) is 0 Å². The highest BCUT2D eigenvalue weighted by Crippen LogP contribution is 2.12. The van der Waals surface area contributed by atoms with Gasteiger partial charge >= 0.3 is 0 Å². The average Bonchev–Trinajstić information content (AvgIpc) is 1.84. The molecule has 0 aliphatic rings. The highest BCUT2D eigenvalue weighted by molar-refractivity contribution is 6.83. The van der Waals surface area contributed by atoms with Crippen LogP contribution in [0.15, 0.2) is 0 Å². The van der Waals surface area contributed by atoms with Gasteiger partial charge < -0.3 is 5.11 Å².